The highest BCUT2D eigenvalue weighted by Crippen LogP contribution is 2.22. The van der Waals surface area contributed by atoms with E-state index in [2.05, 4.69) is 0 Å². The number of ether oxygens (including phenoxy) is 1. The summed E-state index contributed by atoms with van der Waals surface area (Å²) < 4.78 is 5.22. The van der Waals surface area contributed by atoms with Crippen molar-refractivity contribution in [3.05, 3.63) is 35.9 Å². The van der Waals surface area contributed by atoms with Gasteiger partial charge in [0, 0.05) is 7.11 Å². The van der Waals surface area contributed by atoms with Crippen LogP contribution >= 0.6 is 0 Å². The van der Waals surface area contributed by atoms with Crippen molar-refractivity contribution in [2.45, 2.75) is 12.5 Å². The third-order valence-electron chi connectivity index (χ3n) is 2.14. The quantitative estimate of drug-likeness (QED) is 0.738. The molecule has 0 heterocycles. The zero-order valence-corrected chi connectivity index (χ0v) is 7.45. The van der Waals surface area contributed by atoms with Crippen LogP contribution in [0.5, 0.6) is 0 Å². The normalized spacial score (nSPS) is 15.6. The second-order valence-corrected chi connectivity index (χ2v) is 2.96. The van der Waals surface area contributed by atoms with Crippen molar-refractivity contribution in [2.75, 3.05) is 13.7 Å². The molecule has 0 saturated carbocycles. The van der Waals surface area contributed by atoms with E-state index in [1.807, 2.05) is 37.3 Å². The lowest BCUT2D eigenvalue weighted by Crippen LogP contribution is -2.28. The summed E-state index contributed by atoms with van der Waals surface area (Å²) in [5.41, 5.74) is 0.427. The van der Waals surface area contributed by atoms with Gasteiger partial charge >= 0.3 is 0 Å². The topological polar surface area (TPSA) is 29.5 Å². The zero-order valence-electron chi connectivity index (χ0n) is 7.45. The van der Waals surface area contributed by atoms with Crippen LogP contribution in [-0.2, 0) is 10.3 Å². The van der Waals surface area contributed by atoms with E-state index in [-0.39, 0.29) is 6.61 Å². The minimum absolute atomic E-state index is 0.00644. The van der Waals surface area contributed by atoms with Gasteiger partial charge < -0.3 is 9.84 Å². The first kappa shape index (κ1) is 9.23. The first-order valence-corrected chi connectivity index (χ1v) is 3.94. The molecule has 66 valence electrons. The Labute approximate surface area is 72.8 Å². The van der Waals surface area contributed by atoms with Crippen LogP contribution in [0.25, 0.3) is 0 Å². The molecule has 12 heavy (non-hydrogen) atoms. The van der Waals surface area contributed by atoms with Gasteiger partial charge in [0.2, 0.25) is 0 Å². The van der Waals surface area contributed by atoms with Gasteiger partial charge in [-0.05, 0) is 12.5 Å². The van der Waals surface area contributed by atoms with Crippen molar-refractivity contribution < 1.29 is 9.84 Å². The van der Waals surface area contributed by atoms with Gasteiger partial charge in [-0.15, -0.1) is 0 Å². The van der Waals surface area contributed by atoms with E-state index >= 15 is 0 Å². The number of hydrogen-bond acceptors (Lipinski definition) is 2. The Balaban J connectivity index is 2.95. The molecule has 1 N–H and O–H groups in total. The number of benzene rings is 1. The Hall–Kier alpha value is -0.860. The monoisotopic (exact) mass is 166 g/mol. The number of aliphatic hydroxyl groups excluding tert-OH is 1. The fourth-order valence-electron chi connectivity index (χ4n) is 1.06. The highest BCUT2D eigenvalue weighted by atomic mass is 16.5. The van der Waals surface area contributed by atoms with Crippen molar-refractivity contribution in [1.29, 1.82) is 0 Å². The van der Waals surface area contributed by atoms with Gasteiger partial charge in [-0.1, -0.05) is 30.3 Å². The molecule has 0 saturated heterocycles. The van der Waals surface area contributed by atoms with E-state index in [4.69, 9.17) is 9.84 Å². The molecule has 0 radical (unpaired) electrons. The molecule has 1 aromatic carbocycles. The summed E-state index contributed by atoms with van der Waals surface area (Å²) in [6, 6.07) is 9.70. The highest BCUT2D eigenvalue weighted by molar-refractivity contribution is 5.21. The number of hydrogen-bond donors (Lipinski definition) is 1. The summed E-state index contributed by atoms with van der Waals surface area (Å²) in [5.74, 6) is 0. The molecule has 1 unspecified atom stereocenters. The zero-order chi connectivity index (χ0) is 9.03. The molecule has 0 aromatic heterocycles. The van der Waals surface area contributed by atoms with Crippen LogP contribution in [-0.4, -0.2) is 18.8 Å². The van der Waals surface area contributed by atoms with E-state index < -0.39 is 5.60 Å². The Morgan fingerprint density at radius 1 is 1.33 bits per heavy atom. The molecule has 1 atom stereocenters. The predicted octanol–water partition coefficient (Wildman–Crippen LogP) is 1.54. The van der Waals surface area contributed by atoms with Crippen molar-refractivity contribution in [3.63, 3.8) is 0 Å². The third kappa shape index (κ3) is 1.65. The third-order valence-corrected chi connectivity index (χ3v) is 2.14. The average Bonchev–Trinajstić information content (AvgIpc) is 2.18. The molecule has 0 aliphatic rings. The maximum Gasteiger partial charge on any atom is 0.113 e. The van der Waals surface area contributed by atoms with E-state index in [1.54, 1.807) is 7.11 Å². The minimum atomic E-state index is -0.568. The van der Waals surface area contributed by atoms with Gasteiger partial charge in [-0.3, -0.25) is 0 Å². The van der Waals surface area contributed by atoms with Crippen LogP contribution in [0.15, 0.2) is 30.3 Å². The standard InChI is InChI=1S/C10H14O2/c1-10(8-11,12-2)9-6-4-3-5-7-9/h3-7,11H,8H2,1-2H3. The molecule has 0 aliphatic carbocycles. The molecule has 0 amide bonds. The lowest BCUT2D eigenvalue weighted by Gasteiger charge is -2.25. The summed E-state index contributed by atoms with van der Waals surface area (Å²) in [4.78, 5) is 0. The maximum atomic E-state index is 9.11. The van der Waals surface area contributed by atoms with Crippen molar-refractivity contribution in [3.8, 4) is 0 Å². The second-order valence-electron chi connectivity index (χ2n) is 2.96. The molecular weight excluding hydrogens is 152 g/mol. The molecule has 1 aromatic rings. The Bertz CT molecular complexity index is 227. The summed E-state index contributed by atoms with van der Waals surface area (Å²) in [5, 5.41) is 9.11. The molecule has 0 fully saturated rings. The number of methoxy groups -OCH3 is 1. The smallest absolute Gasteiger partial charge is 0.113 e. The van der Waals surface area contributed by atoms with Gasteiger partial charge in [0.05, 0.1) is 6.61 Å². The fraction of sp³-hybridized carbons (Fsp3) is 0.400. The minimum Gasteiger partial charge on any atom is -0.393 e. The summed E-state index contributed by atoms with van der Waals surface area (Å²) in [7, 11) is 1.60. The molecule has 1 rings (SSSR count). The second kappa shape index (κ2) is 3.70. The summed E-state index contributed by atoms with van der Waals surface area (Å²) in [6.07, 6.45) is 0. The van der Waals surface area contributed by atoms with E-state index in [0.717, 1.165) is 5.56 Å². The van der Waals surface area contributed by atoms with Crippen LogP contribution in [0.1, 0.15) is 12.5 Å². The summed E-state index contributed by atoms with van der Waals surface area (Å²) >= 11 is 0. The Morgan fingerprint density at radius 2 is 1.92 bits per heavy atom. The fourth-order valence-corrected chi connectivity index (χ4v) is 1.06. The lowest BCUT2D eigenvalue weighted by molar-refractivity contribution is -0.0422. The molecule has 0 aliphatic heterocycles. The van der Waals surface area contributed by atoms with E-state index in [9.17, 15) is 0 Å². The van der Waals surface area contributed by atoms with Gasteiger partial charge in [-0.2, -0.15) is 0 Å². The van der Waals surface area contributed by atoms with E-state index in [0.29, 0.717) is 0 Å². The summed E-state index contributed by atoms with van der Waals surface area (Å²) in [6.45, 7) is 1.86. The van der Waals surface area contributed by atoms with Gasteiger partial charge in [0.15, 0.2) is 0 Å². The van der Waals surface area contributed by atoms with Gasteiger partial charge in [0.25, 0.3) is 0 Å². The van der Waals surface area contributed by atoms with E-state index in [1.165, 1.54) is 0 Å². The van der Waals surface area contributed by atoms with Crippen LogP contribution in [0.2, 0.25) is 0 Å². The lowest BCUT2D eigenvalue weighted by atomic mass is 9.97. The Morgan fingerprint density at radius 3 is 2.33 bits per heavy atom. The SMILES string of the molecule is COC(C)(CO)c1ccccc1. The molecule has 2 nitrogen and oxygen atoms in total. The molecule has 0 bridgehead atoms. The first-order chi connectivity index (χ1) is 5.73. The highest BCUT2D eigenvalue weighted by Gasteiger charge is 2.24. The largest absolute Gasteiger partial charge is 0.393 e. The van der Waals surface area contributed by atoms with Crippen LogP contribution in [0.4, 0.5) is 0 Å². The van der Waals surface area contributed by atoms with Crippen LogP contribution < -0.4 is 0 Å². The maximum absolute atomic E-state index is 9.11. The molecule has 2 heteroatoms. The van der Waals surface area contributed by atoms with Gasteiger partial charge in [-0.25, -0.2) is 0 Å². The van der Waals surface area contributed by atoms with Crippen LogP contribution in [0, 0.1) is 0 Å². The van der Waals surface area contributed by atoms with Gasteiger partial charge in [0.1, 0.15) is 5.60 Å². The Kier molecular flexibility index (Phi) is 2.84. The average molecular weight is 166 g/mol. The molecular formula is C10H14O2. The van der Waals surface area contributed by atoms with Crippen molar-refractivity contribution >= 4 is 0 Å². The van der Waals surface area contributed by atoms with Crippen LogP contribution in [0.3, 0.4) is 0 Å². The predicted molar refractivity (Wildman–Crippen MR) is 47.9 cm³/mol. The number of aliphatic hydroxyl groups is 1. The van der Waals surface area contributed by atoms with Crippen molar-refractivity contribution in [1.82, 2.24) is 0 Å². The molecule has 0 spiro atoms. The first-order valence-electron chi connectivity index (χ1n) is 3.94. The van der Waals surface area contributed by atoms with Crippen molar-refractivity contribution in [2.24, 2.45) is 0 Å². The number of rotatable bonds is 3.